The number of hydrogen-bond donors (Lipinski definition) is 2. The largest absolute Gasteiger partial charge is 0.496 e. The SMILES string of the molecule is CN=C(NCc1c(OC)cc(OC)cc1OC)NC1CCS(=O)(=O)C1.I. The predicted molar refractivity (Wildman–Crippen MR) is 112 cm³/mol. The first-order valence-electron chi connectivity index (χ1n) is 7.89. The Labute approximate surface area is 171 Å². The molecule has 0 aliphatic carbocycles. The van der Waals surface area contributed by atoms with E-state index < -0.39 is 9.84 Å². The maximum atomic E-state index is 11.6. The third kappa shape index (κ3) is 5.79. The third-order valence-corrected chi connectivity index (χ3v) is 5.81. The first kappa shape index (κ1) is 22.6. The van der Waals surface area contributed by atoms with Gasteiger partial charge in [0.25, 0.3) is 0 Å². The Morgan fingerprint density at radius 2 is 1.81 bits per heavy atom. The minimum absolute atomic E-state index is 0. The Kier molecular flexibility index (Phi) is 8.74. The van der Waals surface area contributed by atoms with Gasteiger partial charge in [0.2, 0.25) is 0 Å². The molecule has 1 heterocycles. The lowest BCUT2D eigenvalue weighted by Crippen LogP contribution is -2.43. The summed E-state index contributed by atoms with van der Waals surface area (Å²) in [6.45, 7) is 0.398. The molecule has 0 radical (unpaired) electrons. The number of methoxy groups -OCH3 is 3. The zero-order valence-corrected chi connectivity index (χ0v) is 18.5. The average molecular weight is 499 g/mol. The number of hydrogen-bond acceptors (Lipinski definition) is 6. The molecule has 0 saturated carbocycles. The van der Waals surface area contributed by atoms with Gasteiger partial charge in [-0.05, 0) is 6.42 Å². The topological polar surface area (TPSA) is 98.2 Å². The smallest absolute Gasteiger partial charge is 0.191 e. The Morgan fingerprint density at radius 1 is 1.19 bits per heavy atom. The van der Waals surface area contributed by atoms with Crippen LogP contribution in [0.25, 0.3) is 0 Å². The van der Waals surface area contributed by atoms with Crippen LogP contribution in [0.1, 0.15) is 12.0 Å². The van der Waals surface area contributed by atoms with Crippen molar-refractivity contribution in [2.75, 3.05) is 39.9 Å². The van der Waals surface area contributed by atoms with Gasteiger partial charge in [0, 0.05) is 25.2 Å². The molecule has 148 valence electrons. The minimum atomic E-state index is -2.94. The minimum Gasteiger partial charge on any atom is -0.496 e. The van der Waals surface area contributed by atoms with Gasteiger partial charge in [0.1, 0.15) is 17.2 Å². The van der Waals surface area contributed by atoms with E-state index in [9.17, 15) is 8.42 Å². The summed E-state index contributed by atoms with van der Waals surface area (Å²) in [6, 6.07) is 3.43. The van der Waals surface area contributed by atoms with Crippen molar-refractivity contribution in [3.05, 3.63) is 17.7 Å². The molecule has 2 rings (SSSR count). The molecule has 8 nitrogen and oxygen atoms in total. The third-order valence-electron chi connectivity index (χ3n) is 4.05. The summed E-state index contributed by atoms with van der Waals surface area (Å²) in [5.41, 5.74) is 0.813. The molecule has 1 aromatic rings. The highest BCUT2D eigenvalue weighted by Gasteiger charge is 2.28. The maximum Gasteiger partial charge on any atom is 0.191 e. The Bertz CT molecular complexity index is 714. The van der Waals surface area contributed by atoms with Crippen molar-refractivity contribution in [1.82, 2.24) is 10.6 Å². The van der Waals surface area contributed by atoms with E-state index in [-0.39, 0.29) is 41.5 Å². The first-order valence-corrected chi connectivity index (χ1v) is 9.71. The van der Waals surface area contributed by atoms with Crippen molar-refractivity contribution in [3.63, 3.8) is 0 Å². The molecule has 10 heteroatoms. The number of aliphatic imine (C=N–C) groups is 1. The lowest BCUT2D eigenvalue weighted by Gasteiger charge is -2.19. The summed E-state index contributed by atoms with van der Waals surface area (Å²) < 4.78 is 39.2. The second-order valence-corrected chi connectivity index (χ2v) is 7.91. The van der Waals surface area contributed by atoms with Crippen LogP contribution in [0, 0.1) is 0 Å². The number of benzene rings is 1. The van der Waals surface area contributed by atoms with Crippen LogP contribution >= 0.6 is 24.0 Å². The molecular weight excluding hydrogens is 473 g/mol. The molecule has 1 aliphatic rings. The molecule has 0 spiro atoms. The van der Waals surface area contributed by atoms with Gasteiger partial charge in [-0.2, -0.15) is 0 Å². The van der Waals surface area contributed by atoms with E-state index in [1.54, 1.807) is 40.5 Å². The van der Waals surface area contributed by atoms with Crippen LogP contribution in [-0.2, 0) is 16.4 Å². The molecule has 0 amide bonds. The van der Waals surface area contributed by atoms with Crippen molar-refractivity contribution >= 4 is 39.8 Å². The lowest BCUT2D eigenvalue weighted by atomic mass is 10.1. The molecule has 0 bridgehead atoms. The van der Waals surface area contributed by atoms with Gasteiger partial charge in [-0.1, -0.05) is 0 Å². The lowest BCUT2D eigenvalue weighted by molar-refractivity contribution is 0.368. The Hall–Kier alpha value is -1.43. The van der Waals surface area contributed by atoms with E-state index in [0.29, 0.717) is 36.2 Å². The number of nitrogens with one attached hydrogen (secondary N) is 2. The van der Waals surface area contributed by atoms with E-state index in [1.807, 2.05) is 0 Å². The quantitative estimate of drug-likeness (QED) is 0.345. The summed E-state index contributed by atoms with van der Waals surface area (Å²) in [7, 11) is 3.43. The fourth-order valence-corrected chi connectivity index (χ4v) is 4.39. The molecular formula is C16H26IN3O5S. The van der Waals surface area contributed by atoms with Crippen LogP contribution in [-0.4, -0.2) is 60.3 Å². The van der Waals surface area contributed by atoms with Crippen LogP contribution < -0.4 is 24.8 Å². The Balaban J connectivity index is 0.00000338. The van der Waals surface area contributed by atoms with Crippen LogP contribution in [0.5, 0.6) is 17.2 Å². The van der Waals surface area contributed by atoms with E-state index in [0.717, 1.165) is 5.56 Å². The van der Waals surface area contributed by atoms with Crippen LogP contribution in [0.15, 0.2) is 17.1 Å². The van der Waals surface area contributed by atoms with Gasteiger partial charge in [-0.3, -0.25) is 4.99 Å². The van der Waals surface area contributed by atoms with Crippen molar-refractivity contribution in [3.8, 4) is 17.2 Å². The van der Waals surface area contributed by atoms with E-state index in [4.69, 9.17) is 14.2 Å². The van der Waals surface area contributed by atoms with Crippen molar-refractivity contribution in [2.24, 2.45) is 4.99 Å². The van der Waals surface area contributed by atoms with Gasteiger partial charge in [0.15, 0.2) is 15.8 Å². The second-order valence-electron chi connectivity index (χ2n) is 5.68. The molecule has 26 heavy (non-hydrogen) atoms. The van der Waals surface area contributed by atoms with Gasteiger partial charge in [0.05, 0.1) is 44.9 Å². The van der Waals surface area contributed by atoms with E-state index >= 15 is 0 Å². The molecule has 1 fully saturated rings. The molecule has 1 unspecified atom stereocenters. The highest BCUT2D eigenvalue weighted by molar-refractivity contribution is 14.0. The molecule has 1 aromatic carbocycles. The summed E-state index contributed by atoms with van der Waals surface area (Å²) in [5, 5.41) is 6.31. The number of rotatable bonds is 6. The maximum absolute atomic E-state index is 11.6. The molecule has 1 aliphatic heterocycles. The first-order chi connectivity index (χ1) is 11.9. The van der Waals surface area contributed by atoms with Gasteiger partial charge in [-0.25, -0.2) is 8.42 Å². The predicted octanol–water partition coefficient (Wildman–Crippen LogP) is 1.18. The highest BCUT2D eigenvalue weighted by atomic mass is 127. The summed E-state index contributed by atoms with van der Waals surface area (Å²) in [5.74, 6) is 2.76. The molecule has 1 saturated heterocycles. The fourth-order valence-electron chi connectivity index (χ4n) is 2.72. The average Bonchev–Trinajstić information content (AvgIpc) is 2.96. The number of sulfone groups is 1. The summed E-state index contributed by atoms with van der Waals surface area (Å²) >= 11 is 0. The zero-order valence-electron chi connectivity index (χ0n) is 15.4. The molecule has 2 N–H and O–H groups in total. The van der Waals surface area contributed by atoms with Gasteiger partial charge >= 0.3 is 0 Å². The summed E-state index contributed by atoms with van der Waals surface area (Å²) in [6.07, 6.45) is 0.582. The highest BCUT2D eigenvalue weighted by Crippen LogP contribution is 2.33. The van der Waals surface area contributed by atoms with E-state index in [2.05, 4.69) is 15.6 Å². The number of guanidine groups is 1. The van der Waals surface area contributed by atoms with Gasteiger partial charge in [-0.15, -0.1) is 24.0 Å². The van der Waals surface area contributed by atoms with Crippen molar-refractivity contribution < 1.29 is 22.6 Å². The van der Waals surface area contributed by atoms with Crippen LogP contribution in [0.4, 0.5) is 0 Å². The Morgan fingerprint density at radius 3 is 2.23 bits per heavy atom. The normalized spacial score (nSPS) is 18.6. The summed E-state index contributed by atoms with van der Waals surface area (Å²) in [4.78, 5) is 4.15. The number of nitrogens with zero attached hydrogens (tertiary/aromatic N) is 1. The second kappa shape index (κ2) is 10.0. The molecule has 1 atom stereocenters. The monoisotopic (exact) mass is 499 g/mol. The van der Waals surface area contributed by atoms with Gasteiger partial charge < -0.3 is 24.8 Å². The number of ether oxygens (including phenoxy) is 3. The molecule has 0 aromatic heterocycles. The fraction of sp³-hybridized carbons (Fsp3) is 0.562. The number of halogens is 1. The van der Waals surface area contributed by atoms with Crippen LogP contribution in [0.3, 0.4) is 0 Å². The van der Waals surface area contributed by atoms with Crippen molar-refractivity contribution in [2.45, 2.75) is 19.0 Å². The van der Waals surface area contributed by atoms with Crippen LogP contribution in [0.2, 0.25) is 0 Å². The standard InChI is InChI=1S/C16H25N3O5S.HI/c1-17-16(19-11-5-6-25(20,21)10-11)18-9-13-14(23-3)7-12(22-2)8-15(13)24-4;/h7-8,11H,5-6,9-10H2,1-4H3,(H2,17,18,19);1H. The van der Waals surface area contributed by atoms with E-state index in [1.165, 1.54) is 0 Å². The zero-order chi connectivity index (χ0) is 18.4. The van der Waals surface area contributed by atoms with Crippen molar-refractivity contribution in [1.29, 1.82) is 0 Å².